The summed E-state index contributed by atoms with van der Waals surface area (Å²) in [6.45, 7) is 5.43. The van der Waals surface area contributed by atoms with Gasteiger partial charge in [0.15, 0.2) is 0 Å². The largest absolute Gasteiger partial charge is 0.481 e. The highest BCUT2D eigenvalue weighted by Gasteiger charge is 2.42. The maximum atomic E-state index is 12.4. The lowest BCUT2D eigenvalue weighted by molar-refractivity contribution is -0.147. The van der Waals surface area contributed by atoms with Crippen LogP contribution in [-0.4, -0.2) is 48.2 Å². The van der Waals surface area contributed by atoms with Crippen LogP contribution >= 0.6 is 11.3 Å². The molecule has 1 aromatic heterocycles. The summed E-state index contributed by atoms with van der Waals surface area (Å²) < 4.78 is 5.92. The zero-order valence-electron chi connectivity index (χ0n) is 13.4. The highest BCUT2D eigenvalue weighted by atomic mass is 32.1. The lowest BCUT2D eigenvalue weighted by Crippen LogP contribution is -2.47. The number of carboxylic acids is 1. The molecule has 2 aliphatic heterocycles. The Balaban J connectivity index is 1.62. The van der Waals surface area contributed by atoms with E-state index in [0.717, 1.165) is 12.0 Å². The molecule has 0 spiro atoms. The summed E-state index contributed by atoms with van der Waals surface area (Å²) >= 11 is 1.72. The number of carbonyl (C=O) groups excluding carboxylic acids is 1. The minimum absolute atomic E-state index is 0.220. The van der Waals surface area contributed by atoms with Crippen LogP contribution in [0.25, 0.3) is 0 Å². The third kappa shape index (κ3) is 2.95. The van der Waals surface area contributed by atoms with Gasteiger partial charge in [0.05, 0.1) is 18.6 Å². The van der Waals surface area contributed by atoms with E-state index in [2.05, 4.69) is 16.8 Å². The number of carboxylic acid groups (broad SMARTS) is 1. The number of hydrogen-bond donors (Lipinski definition) is 2. The molecule has 0 bridgehead atoms. The van der Waals surface area contributed by atoms with Gasteiger partial charge in [0.25, 0.3) is 0 Å². The van der Waals surface area contributed by atoms with Crippen LogP contribution in [0.1, 0.15) is 30.7 Å². The van der Waals surface area contributed by atoms with Gasteiger partial charge in [-0.25, -0.2) is 4.79 Å². The van der Waals surface area contributed by atoms with Gasteiger partial charge in [-0.15, -0.1) is 11.3 Å². The van der Waals surface area contributed by atoms with Crippen LogP contribution in [0.5, 0.6) is 0 Å². The van der Waals surface area contributed by atoms with Gasteiger partial charge >= 0.3 is 12.0 Å². The number of thiophene rings is 1. The third-order valence-electron chi connectivity index (χ3n) is 4.92. The number of urea groups is 1. The fourth-order valence-corrected chi connectivity index (χ4v) is 4.24. The van der Waals surface area contributed by atoms with Gasteiger partial charge in [-0.3, -0.25) is 4.79 Å². The van der Waals surface area contributed by atoms with Crippen LogP contribution in [0, 0.1) is 5.41 Å². The van der Waals surface area contributed by atoms with Crippen molar-refractivity contribution in [1.82, 2.24) is 10.2 Å². The summed E-state index contributed by atoms with van der Waals surface area (Å²) in [4.78, 5) is 26.5. The number of fused-ring (bicyclic) bond motifs is 1. The Labute approximate surface area is 139 Å². The van der Waals surface area contributed by atoms with Crippen LogP contribution < -0.4 is 5.32 Å². The van der Waals surface area contributed by atoms with Crippen molar-refractivity contribution in [2.45, 2.75) is 32.3 Å². The Kier molecular flexibility index (Phi) is 4.10. The van der Waals surface area contributed by atoms with Crippen LogP contribution in [0.2, 0.25) is 0 Å². The first-order chi connectivity index (χ1) is 10.8. The topological polar surface area (TPSA) is 78.9 Å². The number of carbonyl (C=O) groups is 2. The van der Waals surface area contributed by atoms with Crippen LogP contribution in [0.15, 0.2) is 11.4 Å². The first kappa shape index (κ1) is 16.3. The molecule has 23 heavy (non-hydrogen) atoms. The molecule has 2 aliphatic rings. The van der Waals surface area contributed by atoms with Gasteiger partial charge in [-0.2, -0.15) is 0 Å². The first-order valence-electron chi connectivity index (χ1n) is 7.81. The average Bonchev–Trinajstić information content (AvgIpc) is 3.13. The Hall–Kier alpha value is -1.60. The second kappa shape index (κ2) is 5.79. The fourth-order valence-electron chi connectivity index (χ4n) is 3.26. The molecule has 7 heteroatoms. The number of likely N-dealkylation sites (tertiary alicyclic amines) is 1. The first-order valence-corrected chi connectivity index (χ1v) is 8.69. The molecule has 0 aromatic carbocycles. The summed E-state index contributed by atoms with van der Waals surface area (Å²) in [7, 11) is 0. The Morgan fingerprint density at radius 3 is 2.96 bits per heavy atom. The van der Waals surface area contributed by atoms with Gasteiger partial charge in [-0.05, 0) is 37.3 Å². The smallest absolute Gasteiger partial charge is 0.317 e. The molecule has 2 unspecified atom stereocenters. The van der Waals surface area contributed by atoms with E-state index >= 15 is 0 Å². The van der Waals surface area contributed by atoms with Crippen LogP contribution in [0.3, 0.4) is 0 Å². The molecular formula is C16H22N2O4S. The van der Waals surface area contributed by atoms with Crippen molar-refractivity contribution in [1.29, 1.82) is 0 Å². The molecule has 6 nitrogen and oxygen atoms in total. The minimum atomic E-state index is -0.849. The average molecular weight is 338 g/mol. The molecular weight excluding hydrogens is 316 g/mol. The third-order valence-corrected chi connectivity index (χ3v) is 5.90. The number of ether oxygens (including phenoxy) is 1. The van der Waals surface area contributed by atoms with Gasteiger partial charge in [0, 0.05) is 24.4 Å². The van der Waals surface area contributed by atoms with E-state index in [9.17, 15) is 14.7 Å². The molecule has 0 aliphatic carbocycles. The van der Waals surface area contributed by atoms with E-state index in [4.69, 9.17) is 4.74 Å². The lowest BCUT2D eigenvalue weighted by Gasteiger charge is -2.35. The maximum absolute atomic E-state index is 12.4. The molecule has 0 saturated carbocycles. The van der Waals surface area contributed by atoms with E-state index in [-0.39, 0.29) is 12.6 Å². The lowest BCUT2D eigenvalue weighted by atomic mass is 9.90. The predicted octanol–water partition coefficient (Wildman–Crippen LogP) is 2.04. The number of amides is 2. The van der Waals surface area contributed by atoms with E-state index in [0.29, 0.717) is 26.1 Å². The molecule has 126 valence electrons. The Morgan fingerprint density at radius 2 is 2.26 bits per heavy atom. The summed E-state index contributed by atoms with van der Waals surface area (Å²) in [6, 6.07) is 1.84. The summed E-state index contributed by atoms with van der Waals surface area (Å²) in [5, 5.41) is 14.2. The number of hydrogen-bond acceptors (Lipinski definition) is 4. The highest BCUT2D eigenvalue weighted by Crippen LogP contribution is 2.36. The molecule has 2 N–H and O–H groups in total. The summed E-state index contributed by atoms with van der Waals surface area (Å²) in [5.74, 6) is -0.849. The summed E-state index contributed by atoms with van der Waals surface area (Å²) in [5.41, 5.74) is -0.215. The Bertz CT molecular complexity index is 631. The second-order valence-electron chi connectivity index (χ2n) is 6.78. The van der Waals surface area contributed by atoms with Crippen molar-refractivity contribution >= 4 is 23.3 Å². The standard InChI is InChI=1S/C16H22N2O4S/c1-15(13(19)20)5-6-18(10-15)14(21)17-9-16(2)11-4-8-23-12(11)3-7-22-16/h4,8H,3,5-7,9-10H2,1-2H3,(H,17,21)(H,19,20). The normalized spacial score (nSPS) is 30.1. The molecule has 0 radical (unpaired) electrons. The molecule has 2 amide bonds. The quantitative estimate of drug-likeness (QED) is 0.884. The Morgan fingerprint density at radius 1 is 1.48 bits per heavy atom. The van der Waals surface area contributed by atoms with E-state index in [1.165, 1.54) is 4.88 Å². The van der Waals surface area contributed by atoms with Gasteiger partial charge < -0.3 is 20.1 Å². The van der Waals surface area contributed by atoms with E-state index < -0.39 is 17.0 Å². The van der Waals surface area contributed by atoms with E-state index in [1.807, 2.05) is 6.92 Å². The van der Waals surface area contributed by atoms with Crippen molar-refractivity contribution in [3.8, 4) is 0 Å². The highest BCUT2D eigenvalue weighted by molar-refractivity contribution is 7.10. The molecule has 3 heterocycles. The van der Waals surface area contributed by atoms with Crippen molar-refractivity contribution in [2.24, 2.45) is 5.41 Å². The van der Waals surface area contributed by atoms with Crippen molar-refractivity contribution < 1.29 is 19.4 Å². The van der Waals surface area contributed by atoms with Crippen LogP contribution in [0.4, 0.5) is 4.79 Å². The van der Waals surface area contributed by atoms with Gasteiger partial charge in [0.1, 0.15) is 5.60 Å². The number of nitrogens with one attached hydrogen (secondary N) is 1. The molecule has 1 aromatic rings. The SMILES string of the molecule is CC1(C(=O)O)CCN(C(=O)NCC2(C)OCCc3sccc32)C1. The zero-order chi connectivity index (χ0) is 16.7. The minimum Gasteiger partial charge on any atom is -0.481 e. The van der Waals surface area contributed by atoms with Gasteiger partial charge in [-0.1, -0.05) is 0 Å². The van der Waals surface area contributed by atoms with E-state index in [1.54, 1.807) is 23.2 Å². The van der Waals surface area contributed by atoms with Crippen molar-refractivity contribution in [2.75, 3.05) is 26.2 Å². The molecule has 2 atom stereocenters. The molecule has 1 fully saturated rings. The van der Waals surface area contributed by atoms with Crippen molar-refractivity contribution in [3.05, 3.63) is 21.9 Å². The molecule has 3 rings (SSSR count). The summed E-state index contributed by atoms with van der Waals surface area (Å²) in [6.07, 6.45) is 1.40. The predicted molar refractivity (Wildman–Crippen MR) is 86.7 cm³/mol. The maximum Gasteiger partial charge on any atom is 0.317 e. The fraction of sp³-hybridized carbons (Fsp3) is 0.625. The molecule has 1 saturated heterocycles. The van der Waals surface area contributed by atoms with Gasteiger partial charge in [0.2, 0.25) is 0 Å². The van der Waals surface area contributed by atoms with Crippen molar-refractivity contribution in [3.63, 3.8) is 0 Å². The monoisotopic (exact) mass is 338 g/mol. The van der Waals surface area contributed by atoms with Crippen LogP contribution in [-0.2, 0) is 21.6 Å². The number of rotatable bonds is 3. The zero-order valence-corrected chi connectivity index (χ0v) is 14.2. The number of nitrogens with zero attached hydrogens (tertiary/aromatic N) is 1. The number of aliphatic carboxylic acids is 1. The second-order valence-corrected chi connectivity index (χ2v) is 7.78.